The Bertz CT molecular complexity index is 852. The molecule has 11 heteroatoms. The average molecular weight is 417 g/mol. The third-order valence-corrected chi connectivity index (χ3v) is 4.59. The van der Waals surface area contributed by atoms with Crippen molar-refractivity contribution in [1.29, 1.82) is 0 Å². The third-order valence-electron chi connectivity index (χ3n) is 4.59. The molecule has 1 aromatic heterocycles. The molecule has 0 radical (unpaired) electrons. The van der Waals surface area contributed by atoms with E-state index in [1.54, 1.807) is 4.90 Å². The lowest BCUT2D eigenvalue weighted by Crippen LogP contribution is -2.42. The minimum absolute atomic E-state index is 0.0482. The van der Waals surface area contributed by atoms with Crippen molar-refractivity contribution in [3.8, 4) is 11.4 Å². The highest BCUT2D eigenvalue weighted by Crippen LogP contribution is 2.18. The van der Waals surface area contributed by atoms with Crippen LogP contribution in [-0.4, -0.2) is 67.5 Å². The highest BCUT2D eigenvalue weighted by molar-refractivity contribution is 5.80. The number of nitrogens with one attached hydrogen (secondary N) is 2. The van der Waals surface area contributed by atoms with Gasteiger partial charge in [-0.15, -0.1) is 10.2 Å². The lowest BCUT2D eigenvalue weighted by Gasteiger charge is -2.23. The van der Waals surface area contributed by atoms with Crippen LogP contribution in [0.4, 0.5) is 0 Å². The quantitative estimate of drug-likeness (QED) is 0.545. The minimum Gasteiger partial charge on any atom is -0.481 e. The summed E-state index contributed by atoms with van der Waals surface area (Å²) >= 11 is 0. The zero-order valence-electron chi connectivity index (χ0n) is 17.0. The van der Waals surface area contributed by atoms with Crippen LogP contribution in [0.15, 0.2) is 24.3 Å². The summed E-state index contributed by atoms with van der Waals surface area (Å²) < 4.78 is 0. The Hall–Kier alpha value is -3.34. The average Bonchev–Trinajstić information content (AvgIpc) is 3.15. The number of hydrogen-bond donors (Lipinski definition) is 4. The number of benzene rings is 1. The molecule has 2 aromatic rings. The van der Waals surface area contributed by atoms with Gasteiger partial charge in [0.25, 0.3) is 5.97 Å². The van der Waals surface area contributed by atoms with Gasteiger partial charge in [-0.3, -0.25) is 14.4 Å². The molecule has 2 atom stereocenters. The molecular formula is C19H27N7O4. The molecular weight excluding hydrogens is 390 g/mol. The Balaban J connectivity index is 0.000000735. The molecule has 0 saturated carbocycles. The number of amides is 2. The van der Waals surface area contributed by atoms with E-state index in [1.165, 1.54) is 6.92 Å². The van der Waals surface area contributed by atoms with Crippen molar-refractivity contribution >= 4 is 17.8 Å². The van der Waals surface area contributed by atoms with Crippen LogP contribution in [0, 0.1) is 5.92 Å². The van der Waals surface area contributed by atoms with Gasteiger partial charge in [0.15, 0.2) is 0 Å². The second-order valence-corrected chi connectivity index (χ2v) is 7.13. The van der Waals surface area contributed by atoms with Gasteiger partial charge >= 0.3 is 0 Å². The molecule has 0 unspecified atom stereocenters. The van der Waals surface area contributed by atoms with E-state index in [9.17, 15) is 9.59 Å². The number of carbonyl (C=O) groups is 3. The molecule has 162 valence electrons. The number of aromatic amines is 1. The van der Waals surface area contributed by atoms with Gasteiger partial charge in [0.2, 0.25) is 17.6 Å². The minimum atomic E-state index is -0.833. The molecule has 0 aliphatic carbocycles. The van der Waals surface area contributed by atoms with Crippen LogP contribution in [0.1, 0.15) is 32.3 Å². The Morgan fingerprint density at radius 1 is 1.27 bits per heavy atom. The van der Waals surface area contributed by atoms with E-state index in [1.807, 2.05) is 24.3 Å². The first-order chi connectivity index (χ1) is 14.3. The largest absolute Gasteiger partial charge is 0.481 e. The predicted molar refractivity (Wildman–Crippen MR) is 108 cm³/mol. The molecule has 2 heterocycles. The summed E-state index contributed by atoms with van der Waals surface area (Å²) in [5.74, 6) is -0.677. The first-order valence-corrected chi connectivity index (χ1v) is 9.57. The van der Waals surface area contributed by atoms with Crippen LogP contribution >= 0.6 is 0 Å². The van der Waals surface area contributed by atoms with Gasteiger partial charge in [0.05, 0.1) is 5.92 Å². The zero-order chi connectivity index (χ0) is 22.1. The van der Waals surface area contributed by atoms with Crippen LogP contribution in [0.5, 0.6) is 0 Å². The summed E-state index contributed by atoms with van der Waals surface area (Å²) in [5.41, 5.74) is 7.78. The number of nitrogens with two attached hydrogens (primary N) is 1. The smallest absolute Gasteiger partial charge is 0.300 e. The fraction of sp³-hybridized carbons (Fsp3) is 0.474. The van der Waals surface area contributed by atoms with E-state index in [-0.39, 0.29) is 23.8 Å². The number of carboxylic acid groups (broad SMARTS) is 1. The second-order valence-electron chi connectivity index (χ2n) is 7.13. The van der Waals surface area contributed by atoms with E-state index in [2.05, 4.69) is 25.9 Å². The lowest BCUT2D eigenvalue weighted by atomic mass is 10.0. The Labute approximate surface area is 174 Å². The number of aliphatic carboxylic acids is 1. The lowest BCUT2D eigenvalue weighted by molar-refractivity contribution is -0.134. The normalized spacial score (nSPS) is 18.6. The maximum atomic E-state index is 12.6. The Kier molecular flexibility index (Phi) is 8.41. The fourth-order valence-corrected chi connectivity index (χ4v) is 3.13. The SMILES string of the molecule is CC(=O)N1C[C@@H](N)CC[C@@H](C(=O)NCc2cccc(-c3nn[nH]n3)c2)C1.CC(=O)O. The first kappa shape index (κ1) is 22.9. The summed E-state index contributed by atoms with van der Waals surface area (Å²) in [5, 5.41) is 24.3. The van der Waals surface area contributed by atoms with Crippen LogP contribution < -0.4 is 11.1 Å². The van der Waals surface area contributed by atoms with Gasteiger partial charge < -0.3 is 21.1 Å². The maximum Gasteiger partial charge on any atom is 0.300 e. The summed E-state index contributed by atoms with van der Waals surface area (Å²) in [6.45, 7) is 3.91. The molecule has 1 saturated heterocycles. The van der Waals surface area contributed by atoms with Crippen molar-refractivity contribution in [3.63, 3.8) is 0 Å². The van der Waals surface area contributed by atoms with E-state index < -0.39 is 5.97 Å². The number of carboxylic acids is 1. The van der Waals surface area contributed by atoms with Gasteiger partial charge in [-0.05, 0) is 29.7 Å². The van der Waals surface area contributed by atoms with Gasteiger partial charge in [-0.1, -0.05) is 18.2 Å². The Morgan fingerprint density at radius 2 is 2.00 bits per heavy atom. The van der Waals surface area contributed by atoms with Crippen molar-refractivity contribution in [2.75, 3.05) is 13.1 Å². The third kappa shape index (κ3) is 7.24. The highest BCUT2D eigenvalue weighted by atomic mass is 16.4. The monoisotopic (exact) mass is 417 g/mol. The van der Waals surface area contributed by atoms with E-state index >= 15 is 0 Å². The van der Waals surface area contributed by atoms with E-state index in [4.69, 9.17) is 15.6 Å². The number of tetrazole rings is 1. The van der Waals surface area contributed by atoms with Crippen molar-refractivity contribution in [1.82, 2.24) is 30.8 Å². The number of likely N-dealkylation sites (tertiary alicyclic amines) is 1. The molecule has 0 bridgehead atoms. The topological polar surface area (TPSA) is 167 Å². The van der Waals surface area contributed by atoms with Crippen LogP contribution in [-0.2, 0) is 20.9 Å². The van der Waals surface area contributed by atoms with Crippen LogP contribution in [0.25, 0.3) is 11.4 Å². The first-order valence-electron chi connectivity index (χ1n) is 9.57. The number of carbonyl (C=O) groups excluding carboxylic acids is 2. The summed E-state index contributed by atoms with van der Waals surface area (Å²) in [6.07, 6.45) is 1.41. The molecule has 5 N–H and O–H groups in total. The molecule has 2 amide bonds. The number of nitrogens with zero attached hydrogens (tertiary/aromatic N) is 4. The predicted octanol–water partition coefficient (Wildman–Crippen LogP) is 0.160. The van der Waals surface area contributed by atoms with Crippen molar-refractivity contribution < 1.29 is 19.5 Å². The zero-order valence-corrected chi connectivity index (χ0v) is 17.0. The highest BCUT2D eigenvalue weighted by Gasteiger charge is 2.28. The molecule has 1 aliphatic heterocycles. The van der Waals surface area contributed by atoms with Gasteiger partial charge in [-0.2, -0.15) is 5.21 Å². The van der Waals surface area contributed by atoms with Gasteiger partial charge in [-0.25, -0.2) is 0 Å². The molecule has 1 fully saturated rings. The number of aromatic nitrogens is 4. The Morgan fingerprint density at radius 3 is 2.63 bits per heavy atom. The fourth-order valence-electron chi connectivity index (χ4n) is 3.13. The second kappa shape index (κ2) is 11.0. The summed E-state index contributed by atoms with van der Waals surface area (Å²) in [7, 11) is 0. The summed E-state index contributed by atoms with van der Waals surface area (Å²) in [4.78, 5) is 35.0. The van der Waals surface area contributed by atoms with Gasteiger partial charge in [0.1, 0.15) is 0 Å². The molecule has 11 nitrogen and oxygen atoms in total. The van der Waals surface area contributed by atoms with Gasteiger partial charge in [0, 0.05) is 45.1 Å². The van der Waals surface area contributed by atoms with Crippen LogP contribution in [0.3, 0.4) is 0 Å². The van der Waals surface area contributed by atoms with E-state index in [0.29, 0.717) is 31.9 Å². The number of hydrogen-bond acceptors (Lipinski definition) is 7. The van der Waals surface area contributed by atoms with Crippen molar-refractivity contribution in [2.24, 2.45) is 11.7 Å². The molecule has 1 aliphatic rings. The van der Waals surface area contributed by atoms with E-state index in [0.717, 1.165) is 24.5 Å². The molecule has 1 aromatic carbocycles. The number of rotatable bonds is 4. The standard InChI is InChI=1S/C17H23N7O2.C2H4O2/c1-11(25)24-9-14(5-6-15(18)10-24)17(26)19-8-12-3-2-4-13(7-12)16-20-22-23-21-16;1-2(3)4/h2-4,7,14-15H,5-6,8-10,18H2,1H3,(H,19,26)(H,20,21,22,23);1H3,(H,3,4)/t14-,15+;/m1./s1. The molecule has 0 spiro atoms. The number of H-pyrrole nitrogens is 1. The van der Waals surface area contributed by atoms with Crippen molar-refractivity contribution in [3.05, 3.63) is 29.8 Å². The van der Waals surface area contributed by atoms with Crippen molar-refractivity contribution in [2.45, 2.75) is 39.3 Å². The molecule has 3 rings (SSSR count). The van der Waals surface area contributed by atoms with Crippen LogP contribution in [0.2, 0.25) is 0 Å². The molecule has 30 heavy (non-hydrogen) atoms. The summed E-state index contributed by atoms with van der Waals surface area (Å²) in [6, 6.07) is 7.52. The maximum absolute atomic E-state index is 12.6.